The minimum atomic E-state index is -0.0910. The van der Waals surface area contributed by atoms with Crippen molar-refractivity contribution in [1.29, 1.82) is 0 Å². The molecule has 0 aromatic heterocycles. The zero-order chi connectivity index (χ0) is 14.7. The van der Waals surface area contributed by atoms with Crippen molar-refractivity contribution in [3.63, 3.8) is 0 Å². The quantitative estimate of drug-likeness (QED) is 0.625. The second kappa shape index (κ2) is 10.8. The van der Waals surface area contributed by atoms with Gasteiger partial charge in [-0.25, -0.2) is 0 Å². The number of nitrogens with one attached hydrogen (secondary N) is 1. The van der Waals surface area contributed by atoms with Gasteiger partial charge in [-0.1, -0.05) is 20.3 Å². The topological polar surface area (TPSA) is 75.4 Å². The number of nitrogens with two attached hydrogens (primary N) is 1. The molecule has 0 spiro atoms. The maximum Gasteiger partial charge on any atom is 0.239 e. The summed E-state index contributed by atoms with van der Waals surface area (Å²) in [6.45, 7) is 5.59. The van der Waals surface area contributed by atoms with E-state index in [0.29, 0.717) is 25.4 Å². The Morgan fingerprint density at radius 2 is 1.95 bits per heavy atom. The van der Waals surface area contributed by atoms with E-state index in [9.17, 15) is 9.59 Å². The Hall–Kier alpha value is -1.10. The van der Waals surface area contributed by atoms with Crippen LogP contribution in [-0.4, -0.2) is 43.4 Å². The molecule has 0 saturated heterocycles. The molecule has 2 amide bonds. The molecule has 0 radical (unpaired) electrons. The van der Waals surface area contributed by atoms with Gasteiger partial charge in [0.15, 0.2) is 0 Å². The number of carbonyl (C=O) groups excluding carboxylic acids is 2. The minimum absolute atomic E-state index is 0.0297. The lowest BCUT2D eigenvalue weighted by Crippen LogP contribution is -2.38. The summed E-state index contributed by atoms with van der Waals surface area (Å²) >= 11 is 0. The summed E-state index contributed by atoms with van der Waals surface area (Å²) in [5.74, 6) is 0.449. The van der Waals surface area contributed by atoms with Gasteiger partial charge < -0.3 is 16.0 Å². The van der Waals surface area contributed by atoms with Crippen LogP contribution in [0.3, 0.4) is 0 Å². The molecule has 0 aromatic carbocycles. The maximum atomic E-state index is 11.9. The molecule has 5 heteroatoms. The van der Waals surface area contributed by atoms with Gasteiger partial charge in [-0.2, -0.15) is 0 Å². The minimum Gasteiger partial charge on any atom is -0.355 e. The van der Waals surface area contributed by atoms with E-state index in [1.165, 1.54) is 4.90 Å². The molecular weight excluding hydrogens is 242 g/mol. The molecule has 0 rings (SSSR count). The first kappa shape index (κ1) is 17.9. The van der Waals surface area contributed by atoms with E-state index in [1.54, 1.807) is 7.05 Å². The van der Waals surface area contributed by atoms with Crippen LogP contribution >= 0.6 is 0 Å². The molecule has 1 atom stereocenters. The van der Waals surface area contributed by atoms with E-state index in [2.05, 4.69) is 12.2 Å². The van der Waals surface area contributed by atoms with Crippen LogP contribution in [0.1, 0.15) is 46.0 Å². The molecular formula is C14H29N3O2. The predicted octanol–water partition coefficient (Wildman–Crippen LogP) is 1.13. The fourth-order valence-corrected chi connectivity index (χ4v) is 1.93. The molecule has 0 fully saturated rings. The summed E-state index contributed by atoms with van der Waals surface area (Å²) in [6, 6.07) is 0. The number of likely N-dealkylation sites (N-methyl/N-ethyl adjacent to an activating group) is 1. The molecule has 0 aromatic rings. The third kappa shape index (κ3) is 8.59. The number of nitrogens with zero attached hydrogens (tertiary/aromatic N) is 1. The lowest BCUT2D eigenvalue weighted by Gasteiger charge is -2.19. The molecule has 3 N–H and O–H groups in total. The molecule has 5 nitrogen and oxygen atoms in total. The van der Waals surface area contributed by atoms with Gasteiger partial charge in [0, 0.05) is 20.0 Å². The van der Waals surface area contributed by atoms with Crippen LogP contribution in [-0.2, 0) is 9.59 Å². The molecule has 0 heterocycles. The SMILES string of the molecule is CCCNC(=O)CN(C)C(=O)CCC(CC)CCN. The average Bonchev–Trinajstić information content (AvgIpc) is 2.40. The number of hydrogen-bond acceptors (Lipinski definition) is 3. The first-order valence-electron chi connectivity index (χ1n) is 7.25. The van der Waals surface area contributed by atoms with Crippen molar-refractivity contribution < 1.29 is 9.59 Å². The molecule has 0 saturated carbocycles. The molecule has 112 valence electrons. The summed E-state index contributed by atoms with van der Waals surface area (Å²) in [6.07, 6.45) is 4.26. The summed E-state index contributed by atoms with van der Waals surface area (Å²) in [5.41, 5.74) is 5.54. The molecule has 1 unspecified atom stereocenters. The maximum absolute atomic E-state index is 11.9. The highest BCUT2D eigenvalue weighted by molar-refractivity contribution is 5.84. The smallest absolute Gasteiger partial charge is 0.239 e. The second-order valence-corrected chi connectivity index (χ2v) is 4.99. The number of carbonyl (C=O) groups is 2. The van der Waals surface area contributed by atoms with Crippen LogP contribution in [0.2, 0.25) is 0 Å². The van der Waals surface area contributed by atoms with E-state index < -0.39 is 0 Å². The Morgan fingerprint density at radius 1 is 1.26 bits per heavy atom. The third-order valence-electron chi connectivity index (χ3n) is 3.30. The Bertz CT molecular complexity index is 269. The van der Waals surface area contributed by atoms with Crippen LogP contribution < -0.4 is 11.1 Å². The standard InChI is InChI=1S/C14H29N3O2/c1-4-10-16-13(18)11-17(3)14(19)7-6-12(5-2)8-9-15/h12H,4-11,15H2,1-3H3,(H,16,18). The molecule has 0 aliphatic carbocycles. The fraction of sp³-hybridized carbons (Fsp3) is 0.857. The molecule has 19 heavy (non-hydrogen) atoms. The van der Waals surface area contributed by atoms with Crippen molar-refractivity contribution in [3.8, 4) is 0 Å². The summed E-state index contributed by atoms with van der Waals surface area (Å²) in [5, 5.41) is 2.77. The second-order valence-electron chi connectivity index (χ2n) is 4.99. The number of amides is 2. The van der Waals surface area contributed by atoms with E-state index >= 15 is 0 Å². The fourth-order valence-electron chi connectivity index (χ4n) is 1.93. The highest BCUT2D eigenvalue weighted by atomic mass is 16.2. The van der Waals surface area contributed by atoms with Crippen molar-refractivity contribution in [2.45, 2.75) is 46.0 Å². The lowest BCUT2D eigenvalue weighted by molar-refractivity contribution is -0.134. The van der Waals surface area contributed by atoms with E-state index in [1.807, 2.05) is 6.92 Å². The van der Waals surface area contributed by atoms with Crippen LogP contribution in [0.15, 0.2) is 0 Å². The Morgan fingerprint density at radius 3 is 2.47 bits per heavy atom. The highest BCUT2D eigenvalue weighted by Gasteiger charge is 2.14. The van der Waals surface area contributed by atoms with Gasteiger partial charge in [0.05, 0.1) is 6.54 Å². The van der Waals surface area contributed by atoms with Gasteiger partial charge in [-0.15, -0.1) is 0 Å². The monoisotopic (exact) mass is 271 g/mol. The van der Waals surface area contributed by atoms with Gasteiger partial charge in [0.2, 0.25) is 11.8 Å². The molecule has 0 aliphatic rings. The van der Waals surface area contributed by atoms with Gasteiger partial charge in [-0.05, 0) is 31.7 Å². The Labute approximate surface area is 116 Å². The first-order chi connectivity index (χ1) is 9.04. The Balaban J connectivity index is 3.95. The van der Waals surface area contributed by atoms with Crippen molar-refractivity contribution >= 4 is 11.8 Å². The van der Waals surface area contributed by atoms with Crippen molar-refractivity contribution in [2.75, 3.05) is 26.7 Å². The predicted molar refractivity (Wildman–Crippen MR) is 77.6 cm³/mol. The van der Waals surface area contributed by atoms with Crippen molar-refractivity contribution in [1.82, 2.24) is 10.2 Å². The highest BCUT2D eigenvalue weighted by Crippen LogP contribution is 2.15. The largest absolute Gasteiger partial charge is 0.355 e. The van der Waals surface area contributed by atoms with Gasteiger partial charge in [0.1, 0.15) is 0 Å². The summed E-state index contributed by atoms with van der Waals surface area (Å²) in [7, 11) is 1.68. The number of rotatable bonds is 10. The normalized spacial score (nSPS) is 12.0. The van der Waals surface area contributed by atoms with Crippen LogP contribution in [0.5, 0.6) is 0 Å². The van der Waals surface area contributed by atoms with Crippen LogP contribution in [0, 0.1) is 5.92 Å². The lowest BCUT2D eigenvalue weighted by atomic mass is 9.96. The van der Waals surface area contributed by atoms with E-state index in [4.69, 9.17) is 5.73 Å². The summed E-state index contributed by atoms with van der Waals surface area (Å²) in [4.78, 5) is 24.9. The van der Waals surface area contributed by atoms with Crippen molar-refractivity contribution in [2.24, 2.45) is 11.7 Å². The third-order valence-corrected chi connectivity index (χ3v) is 3.30. The Kier molecular flexibility index (Phi) is 10.2. The van der Waals surface area contributed by atoms with Gasteiger partial charge in [0.25, 0.3) is 0 Å². The van der Waals surface area contributed by atoms with E-state index in [-0.39, 0.29) is 18.4 Å². The zero-order valence-electron chi connectivity index (χ0n) is 12.6. The molecule has 0 aliphatic heterocycles. The molecule has 0 bridgehead atoms. The summed E-state index contributed by atoms with van der Waals surface area (Å²) < 4.78 is 0. The van der Waals surface area contributed by atoms with E-state index in [0.717, 1.165) is 25.7 Å². The number of hydrogen-bond donors (Lipinski definition) is 2. The first-order valence-corrected chi connectivity index (χ1v) is 7.25. The van der Waals surface area contributed by atoms with Gasteiger partial charge >= 0.3 is 0 Å². The zero-order valence-corrected chi connectivity index (χ0v) is 12.6. The van der Waals surface area contributed by atoms with Crippen LogP contribution in [0.25, 0.3) is 0 Å². The van der Waals surface area contributed by atoms with Crippen LogP contribution in [0.4, 0.5) is 0 Å². The van der Waals surface area contributed by atoms with Gasteiger partial charge in [-0.3, -0.25) is 9.59 Å². The average molecular weight is 271 g/mol. The van der Waals surface area contributed by atoms with Crippen molar-refractivity contribution in [3.05, 3.63) is 0 Å².